The number of carboxylic acids is 1. The van der Waals surface area contributed by atoms with E-state index in [1.165, 1.54) is 12.1 Å². The molecule has 2 aromatic rings. The van der Waals surface area contributed by atoms with Gasteiger partial charge < -0.3 is 9.84 Å². The number of ether oxygens (including phenoxy) is 1. The maximum absolute atomic E-state index is 13.9. The quantitative estimate of drug-likeness (QED) is 0.817. The van der Waals surface area contributed by atoms with Crippen molar-refractivity contribution in [3.63, 3.8) is 0 Å². The van der Waals surface area contributed by atoms with Gasteiger partial charge >= 0.3 is 11.9 Å². The van der Waals surface area contributed by atoms with E-state index in [-0.39, 0.29) is 29.5 Å². The predicted octanol–water partition coefficient (Wildman–Crippen LogP) is 0.726. The van der Waals surface area contributed by atoms with Gasteiger partial charge in [0.15, 0.2) is 0 Å². The van der Waals surface area contributed by atoms with Crippen LogP contribution in [0.5, 0.6) is 0 Å². The summed E-state index contributed by atoms with van der Waals surface area (Å²) in [5.74, 6) is -2.69. The third-order valence-electron chi connectivity index (χ3n) is 2.92. The van der Waals surface area contributed by atoms with Gasteiger partial charge in [-0.25, -0.2) is 9.07 Å². The van der Waals surface area contributed by atoms with Gasteiger partial charge in [0.2, 0.25) is 0 Å². The van der Waals surface area contributed by atoms with Crippen LogP contribution in [0.3, 0.4) is 0 Å². The van der Waals surface area contributed by atoms with Crippen LogP contribution in [0.4, 0.5) is 4.39 Å². The second kappa shape index (κ2) is 6.33. The zero-order valence-corrected chi connectivity index (χ0v) is 11.7. The summed E-state index contributed by atoms with van der Waals surface area (Å²) in [5.41, 5.74) is -0.767. The van der Waals surface area contributed by atoms with Gasteiger partial charge in [-0.2, -0.15) is 5.10 Å². The van der Waals surface area contributed by atoms with Crippen LogP contribution in [0.15, 0.2) is 23.0 Å². The van der Waals surface area contributed by atoms with Crippen LogP contribution in [-0.4, -0.2) is 33.4 Å². The lowest BCUT2D eigenvalue weighted by Crippen LogP contribution is -2.29. The highest BCUT2D eigenvalue weighted by molar-refractivity contribution is 5.87. The molecule has 7 nitrogen and oxygen atoms in total. The van der Waals surface area contributed by atoms with Crippen LogP contribution in [0, 0.1) is 5.82 Å². The number of esters is 1. The molecule has 22 heavy (non-hydrogen) atoms. The molecule has 0 saturated heterocycles. The van der Waals surface area contributed by atoms with E-state index in [1.54, 1.807) is 6.92 Å². The molecule has 1 heterocycles. The first-order valence-electron chi connectivity index (χ1n) is 6.49. The molecule has 0 unspecified atom stereocenters. The Kier molecular flexibility index (Phi) is 4.50. The van der Waals surface area contributed by atoms with Gasteiger partial charge in [-0.05, 0) is 13.0 Å². The number of hydrogen-bond donors (Lipinski definition) is 1. The SMILES string of the molecule is CCOC(=O)Cc1nn(CC(=O)O)c(=O)c2c(F)cccc12. The van der Waals surface area contributed by atoms with Crippen molar-refractivity contribution in [3.05, 3.63) is 40.1 Å². The van der Waals surface area contributed by atoms with Gasteiger partial charge in [0.05, 0.1) is 24.1 Å². The summed E-state index contributed by atoms with van der Waals surface area (Å²) in [7, 11) is 0. The predicted molar refractivity (Wildman–Crippen MR) is 73.9 cm³/mol. The second-order valence-electron chi connectivity index (χ2n) is 4.45. The highest BCUT2D eigenvalue weighted by Gasteiger charge is 2.17. The molecule has 0 aliphatic rings. The van der Waals surface area contributed by atoms with Crippen molar-refractivity contribution < 1.29 is 23.8 Å². The lowest BCUT2D eigenvalue weighted by atomic mass is 10.1. The molecule has 1 aromatic heterocycles. The fourth-order valence-corrected chi connectivity index (χ4v) is 2.07. The van der Waals surface area contributed by atoms with E-state index in [4.69, 9.17) is 9.84 Å². The van der Waals surface area contributed by atoms with E-state index < -0.39 is 29.9 Å². The Balaban J connectivity index is 2.65. The number of fused-ring (bicyclic) bond motifs is 1. The fraction of sp³-hybridized carbons (Fsp3) is 0.286. The van der Waals surface area contributed by atoms with Crippen LogP contribution < -0.4 is 5.56 Å². The van der Waals surface area contributed by atoms with E-state index in [1.807, 2.05) is 0 Å². The molecule has 2 rings (SSSR count). The Bertz CT molecular complexity index is 800. The lowest BCUT2D eigenvalue weighted by molar-refractivity contribution is -0.142. The maximum Gasteiger partial charge on any atom is 0.325 e. The molecular weight excluding hydrogens is 295 g/mol. The molecule has 8 heteroatoms. The Morgan fingerprint density at radius 1 is 1.41 bits per heavy atom. The Labute approximate surface area is 123 Å². The molecule has 0 fully saturated rings. The number of carbonyl (C=O) groups excluding carboxylic acids is 1. The Morgan fingerprint density at radius 2 is 2.14 bits per heavy atom. The zero-order valence-electron chi connectivity index (χ0n) is 11.7. The molecule has 1 N–H and O–H groups in total. The molecular formula is C14H13FN2O5. The monoisotopic (exact) mass is 308 g/mol. The van der Waals surface area contributed by atoms with Gasteiger partial charge in [0, 0.05) is 5.39 Å². The third kappa shape index (κ3) is 3.11. The third-order valence-corrected chi connectivity index (χ3v) is 2.92. The summed E-state index contributed by atoms with van der Waals surface area (Å²) in [6, 6.07) is 3.92. The molecule has 0 atom stereocenters. The summed E-state index contributed by atoms with van der Waals surface area (Å²) >= 11 is 0. The zero-order chi connectivity index (χ0) is 16.3. The normalized spacial score (nSPS) is 10.6. The lowest BCUT2D eigenvalue weighted by Gasteiger charge is -2.10. The van der Waals surface area contributed by atoms with Crippen molar-refractivity contribution in [2.24, 2.45) is 0 Å². The fourth-order valence-electron chi connectivity index (χ4n) is 2.07. The molecule has 0 spiro atoms. The van der Waals surface area contributed by atoms with Crippen molar-refractivity contribution in [1.29, 1.82) is 0 Å². The standard InChI is InChI=1S/C14H13FN2O5/c1-2-22-12(20)6-10-8-4-3-5-9(15)13(8)14(21)17(16-10)7-11(18)19/h3-5H,2,6-7H2,1H3,(H,18,19). The van der Waals surface area contributed by atoms with E-state index in [2.05, 4.69) is 5.10 Å². The number of benzene rings is 1. The number of aromatic nitrogens is 2. The number of halogens is 1. The summed E-state index contributed by atoms with van der Waals surface area (Å²) in [5, 5.41) is 12.5. The first-order valence-corrected chi connectivity index (χ1v) is 6.49. The minimum Gasteiger partial charge on any atom is -0.480 e. The van der Waals surface area contributed by atoms with Crippen LogP contribution >= 0.6 is 0 Å². The molecule has 0 aliphatic heterocycles. The molecule has 116 valence electrons. The van der Waals surface area contributed by atoms with Crippen LogP contribution in [0.1, 0.15) is 12.6 Å². The summed E-state index contributed by atoms with van der Waals surface area (Å²) < 4.78 is 19.4. The molecule has 0 radical (unpaired) electrons. The van der Waals surface area contributed by atoms with E-state index in [0.717, 1.165) is 6.07 Å². The van der Waals surface area contributed by atoms with Crippen molar-refractivity contribution in [1.82, 2.24) is 9.78 Å². The number of aliphatic carboxylic acids is 1. The highest BCUT2D eigenvalue weighted by atomic mass is 19.1. The average Bonchev–Trinajstić information content (AvgIpc) is 2.43. The van der Waals surface area contributed by atoms with Gasteiger partial charge in [-0.1, -0.05) is 12.1 Å². The van der Waals surface area contributed by atoms with E-state index in [9.17, 15) is 18.8 Å². The molecule has 0 saturated carbocycles. The molecule has 0 aliphatic carbocycles. The molecule has 0 amide bonds. The van der Waals surface area contributed by atoms with E-state index in [0.29, 0.717) is 4.68 Å². The number of rotatable bonds is 5. The maximum atomic E-state index is 13.9. The van der Waals surface area contributed by atoms with Crippen LogP contribution in [-0.2, 0) is 27.3 Å². The number of nitrogens with zero attached hydrogens (tertiary/aromatic N) is 2. The molecule has 1 aromatic carbocycles. The largest absolute Gasteiger partial charge is 0.480 e. The van der Waals surface area contributed by atoms with Crippen molar-refractivity contribution >= 4 is 22.7 Å². The first-order chi connectivity index (χ1) is 10.4. The van der Waals surface area contributed by atoms with E-state index >= 15 is 0 Å². The smallest absolute Gasteiger partial charge is 0.325 e. The topological polar surface area (TPSA) is 98.5 Å². The highest BCUT2D eigenvalue weighted by Crippen LogP contribution is 2.17. The minimum atomic E-state index is -1.30. The number of carbonyl (C=O) groups is 2. The van der Waals surface area contributed by atoms with Crippen molar-refractivity contribution in [2.75, 3.05) is 6.61 Å². The first kappa shape index (κ1) is 15.6. The van der Waals surface area contributed by atoms with Gasteiger partial charge in [0.1, 0.15) is 12.4 Å². The summed E-state index contributed by atoms with van der Waals surface area (Å²) in [4.78, 5) is 34.5. The van der Waals surface area contributed by atoms with Crippen LogP contribution in [0.25, 0.3) is 10.8 Å². The number of hydrogen-bond acceptors (Lipinski definition) is 5. The Hall–Kier alpha value is -2.77. The minimum absolute atomic E-state index is 0.0915. The van der Waals surface area contributed by atoms with Crippen LogP contribution in [0.2, 0.25) is 0 Å². The second-order valence-corrected chi connectivity index (χ2v) is 4.45. The van der Waals surface area contributed by atoms with Gasteiger partial charge in [0.25, 0.3) is 5.56 Å². The van der Waals surface area contributed by atoms with Gasteiger partial charge in [-0.3, -0.25) is 14.4 Å². The average molecular weight is 308 g/mol. The number of carboxylic acid groups (broad SMARTS) is 1. The summed E-state index contributed by atoms with van der Waals surface area (Å²) in [6.45, 7) is 1.08. The van der Waals surface area contributed by atoms with Crippen molar-refractivity contribution in [2.45, 2.75) is 19.9 Å². The van der Waals surface area contributed by atoms with Gasteiger partial charge in [-0.15, -0.1) is 0 Å². The Morgan fingerprint density at radius 3 is 2.77 bits per heavy atom. The summed E-state index contributed by atoms with van der Waals surface area (Å²) in [6.07, 6.45) is -0.284. The van der Waals surface area contributed by atoms with Crippen molar-refractivity contribution in [3.8, 4) is 0 Å². The molecule has 0 bridgehead atoms.